The summed E-state index contributed by atoms with van der Waals surface area (Å²) in [5, 5.41) is 2.81. The monoisotopic (exact) mass is 695 g/mol. The number of likely N-dealkylation sites (tertiary alicyclic amines) is 1. The average molecular weight is 696 g/mol. The summed E-state index contributed by atoms with van der Waals surface area (Å²) in [4.78, 5) is 29.8. The molecule has 4 unspecified atom stereocenters. The predicted octanol–water partition coefficient (Wildman–Crippen LogP) is 7.18. The maximum Gasteiger partial charge on any atom is 0.251 e. The van der Waals surface area contributed by atoms with Crippen molar-refractivity contribution in [1.82, 2.24) is 15.1 Å². The normalized spacial score (nSPS) is 26.1. The van der Waals surface area contributed by atoms with E-state index in [1.54, 1.807) is 4.90 Å². The van der Waals surface area contributed by atoms with Gasteiger partial charge in [0.15, 0.2) is 0 Å². The molecule has 6 aliphatic rings. The Morgan fingerprint density at radius 3 is 2.65 bits per heavy atom. The van der Waals surface area contributed by atoms with Gasteiger partial charge in [0.1, 0.15) is 24.2 Å². The van der Waals surface area contributed by atoms with Gasteiger partial charge in [0.05, 0.1) is 6.61 Å². The van der Waals surface area contributed by atoms with Gasteiger partial charge in [-0.25, -0.2) is 0 Å². The lowest BCUT2D eigenvalue weighted by molar-refractivity contribution is -0.137. The van der Waals surface area contributed by atoms with E-state index in [1.807, 2.05) is 0 Å². The van der Waals surface area contributed by atoms with Gasteiger partial charge >= 0.3 is 0 Å². The van der Waals surface area contributed by atoms with E-state index in [0.717, 1.165) is 79.2 Å². The second-order valence-electron chi connectivity index (χ2n) is 15.3. The number of benzene rings is 2. The zero-order valence-corrected chi connectivity index (χ0v) is 30.2. The minimum absolute atomic E-state index is 0.00901. The molecule has 0 bridgehead atoms. The van der Waals surface area contributed by atoms with Crippen molar-refractivity contribution in [3.63, 3.8) is 0 Å². The Kier molecular flexibility index (Phi) is 9.92. The molecule has 4 heterocycles. The first-order chi connectivity index (χ1) is 25.4. The van der Waals surface area contributed by atoms with Gasteiger partial charge in [0.2, 0.25) is 5.91 Å². The molecule has 7 heteroatoms. The number of hydrogen-bond donors (Lipinski definition) is 1. The number of carbonyl (C=O) groups is 2. The first-order valence-corrected chi connectivity index (χ1v) is 19.2. The van der Waals surface area contributed by atoms with E-state index in [2.05, 4.69) is 108 Å². The van der Waals surface area contributed by atoms with Crippen LogP contribution in [-0.2, 0) is 14.3 Å². The Bertz CT molecular complexity index is 1900. The molecule has 268 valence electrons. The summed E-state index contributed by atoms with van der Waals surface area (Å²) >= 11 is 0. The van der Waals surface area contributed by atoms with E-state index in [-0.39, 0.29) is 23.7 Å². The number of hydrogen-bond acceptors (Lipinski definition) is 5. The van der Waals surface area contributed by atoms with Crippen molar-refractivity contribution in [2.45, 2.75) is 69.7 Å². The fourth-order valence-electron chi connectivity index (χ4n) is 8.73. The highest BCUT2D eigenvalue weighted by Gasteiger charge is 2.40. The van der Waals surface area contributed by atoms with Crippen LogP contribution < -0.4 is 10.1 Å². The van der Waals surface area contributed by atoms with E-state index in [0.29, 0.717) is 50.9 Å². The van der Waals surface area contributed by atoms with E-state index >= 15 is 0 Å². The number of carbonyl (C=O) groups excluding carboxylic acids is 2. The van der Waals surface area contributed by atoms with Gasteiger partial charge < -0.3 is 19.7 Å². The Labute approximate surface area is 308 Å². The van der Waals surface area contributed by atoms with E-state index < -0.39 is 6.04 Å². The van der Waals surface area contributed by atoms with Crippen molar-refractivity contribution in [3.05, 3.63) is 124 Å². The van der Waals surface area contributed by atoms with Crippen LogP contribution in [-0.4, -0.2) is 67.0 Å². The first kappa shape index (κ1) is 34.3. The summed E-state index contributed by atoms with van der Waals surface area (Å²) < 4.78 is 12.5. The Balaban J connectivity index is 0.777. The minimum Gasteiger partial charge on any atom is -0.493 e. The number of nitrogens with zero attached hydrogens (tertiary/aromatic N) is 2. The number of rotatable bonds is 9. The van der Waals surface area contributed by atoms with Crippen molar-refractivity contribution < 1.29 is 19.1 Å². The van der Waals surface area contributed by atoms with Crippen molar-refractivity contribution >= 4 is 11.8 Å². The largest absolute Gasteiger partial charge is 0.493 e. The molecule has 3 fully saturated rings. The molecule has 3 saturated heterocycles. The first-order valence-electron chi connectivity index (χ1n) is 19.2. The number of amides is 2. The second kappa shape index (κ2) is 15.0. The van der Waals surface area contributed by atoms with Crippen LogP contribution >= 0.6 is 0 Å². The zero-order chi connectivity index (χ0) is 35.6. The summed E-state index contributed by atoms with van der Waals surface area (Å²) in [5.74, 6) is 10.4. The second-order valence-corrected chi connectivity index (χ2v) is 15.3. The van der Waals surface area contributed by atoms with Crippen LogP contribution in [0.1, 0.15) is 74.8 Å². The van der Waals surface area contributed by atoms with E-state index in [1.165, 1.54) is 16.7 Å². The topological polar surface area (TPSA) is 71.1 Å². The van der Waals surface area contributed by atoms with Gasteiger partial charge in [-0.1, -0.05) is 73.9 Å². The van der Waals surface area contributed by atoms with Gasteiger partial charge in [-0.2, -0.15) is 0 Å². The number of piperidine rings is 1. The van der Waals surface area contributed by atoms with Gasteiger partial charge in [0, 0.05) is 61.3 Å². The minimum atomic E-state index is -0.409. The van der Waals surface area contributed by atoms with E-state index in [9.17, 15) is 9.59 Å². The van der Waals surface area contributed by atoms with Crippen LogP contribution in [0.5, 0.6) is 5.75 Å². The maximum absolute atomic E-state index is 13.1. The average Bonchev–Trinajstić information content (AvgIpc) is 3.46. The Morgan fingerprint density at radius 2 is 1.85 bits per heavy atom. The third kappa shape index (κ3) is 7.27. The fraction of sp³-hybridized carbons (Fsp3) is 0.422. The lowest BCUT2D eigenvalue weighted by Crippen LogP contribution is -2.50. The Hall–Kier alpha value is -4.80. The molecular formula is C45H49N3O4. The molecule has 2 aromatic rings. The molecule has 0 aromatic heterocycles. The van der Waals surface area contributed by atoms with Crippen LogP contribution in [0.25, 0.3) is 0 Å². The lowest BCUT2D eigenvalue weighted by atomic mass is 9.73. The van der Waals surface area contributed by atoms with Crippen molar-refractivity contribution in [3.8, 4) is 17.6 Å². The molecule has 0 spiro atoms. The molecule has 0 saturated carbocycles. The number of allylic oxidation sites excluding steroid dienone is 5. The number of nitrogens with one attached hydrogen (secondary N) is 1. The summed E-state index contributed by atoms with van der Waals surface area (Å²) in [6.45, 7) is 11.1. The molecular weight excluding hydrogens is 647 g/mol. The summed E-state index contributed by atoms with van der Waals surface area (Å²) in [5.41, 5.74) is 7.67. The van der Waals surface area contributed by atoms with Crippen LogP contribution in [0.15, 0.2) is 113 Å². The third-order valence-electron chi connectivity index (χ3n) is 11.6. The van der Waals surface area contributed by atoms with Crippen LogP contribution in [0.4, 0.5) is 0 Å². The molecule has 2 amide bonds. The third-order valence-corrected chi connectivity index (χ3v) is 11.6. The summed E-state index contributed by atoms with van der Waals surface area (Å²) in [6, 6.07) is 19.1. The number of ether oxygens (including phenoxy) is 2. The molecule has 2 aromatic carbocycles. The van der Waals surface area contributed by atoms with Crippen molar-refractivity contribution in [2.75, 3.05) is 39.4 Å². The quantitative estimate of drug-likeness (QED) is 0.282. The van der Waals surface area contributed by atoms with Crippen molar-refractivity contribution in [1.29, 1.82) is 0 Å². The molecule has 2 aliphatic carbocycles. The zero-order valence-electron chi connectivity index (χ0n) is 30.2. The van der Waals surface area contributed by atoms with E-state index in [4.69, 9.17) is 9.47 Å². The molecule has 4 aliphatic heterocycles. The predicted molar refractivity (Wildman–Crippen MR) is 203 cm³/mol. The highest BCUT2D eigenvalue weighted by Crippen LogP contribution is 2.48. The standard InChI is InChI=1S/C45H49N3O4/c1-30-12-21-42-39(24-30)43(40(29-52-42)34-10-4-3-5-11-34)35-15-17-37(18-16-35)51-23-22-47-26-33(27-47)9-7-6-8-32-14-19-38-36(25-32)28-48(45(38)50)41-20-13-31(2)46-44(41)49/h3-5,10-11,15-18,21,24-25,30,33,40-41,43H,2,7,9,12-14,19-20,22-23,26-29H2,1H3,(H,46,49). The van der Waals surface area contributed by atoms with Gasteiger partial charge in [-0.05, 0) is 96.9 Å². The van der Waals surface area contributed by atoms with Crippen LogP contribution in [0, 0.1) is 23.7 Å². The summed E-state index contributed by atoms with van der Waals surface area (Å²) in [7, 11) is 0. The molecule has 1 N–H and O–H groups in total. The van der Waals surface area contributed by atoms with Crippen LogP contribution in [0.3, 0.4) is 0 Å². The van der Waals surface area contributed by atoms with Gasteiger partial charge in [0.25, 0.3) is 5.91 Å². The van der Waals surface area contributed by atoms with Gasteiger partial charge in [-0.15, -0.1) is 0 Å². The highest BCUT2D eigenvalue weighted by atomic mass is 16.5. The number of fused-ring (bicyclic) bond motifs is 1. The maximum atomic E-state index is 13.1. The van der Waals surface area contributed by atoms with Crippen LogP contribution in [0.2, 0.25) is 0 Å². The van der Waals surface area contributed by atoms with Crippen molar-refractivity contribution in [2.24, 2.45) is 11.8 Å². The molecule has 8 rings (SSSR count). The summed E-state index contributed by atoms with van der Waals surface area (Å²) in [6.07, 6.45) is 12.6. The molecule has 7 nitrogen and oxygen atoms in total. The molecule has 4 atom stereocenters. The highest BCUT2D eigenvalue weighted by molar-refractivity contribution is 6.01. The SMILES string of the molecule is C=C1CCC(N2CC3=C(CCC(C#CCCC4CN(CCOc5ccc(C6C7=CC(C)CC=C7OCC6c6ccccc6)cc5)C4)=C3)C2=O)C(=O)N1. The molecule has 52 heavy (non-hydrogen) atoms. The molecule has 0 radical (unpaired) electrons. The smallest absolute Gasteiger partial charge is 0.251 e. The van der Waals surface area contributed by atoms with Gasteiger partial charge in [-0.3, -0.25) is 14.5 Å². The lowest BCUT2D eigenvalue weighted by Gasteiger charge is -2.39. The Morgan fingerprint density at radius 1 is 1.02 bits per heavy atom. The fourth-order valence-corrected chi connectivity index (χ4v) is 8.73.